The van der Waals surface area contributed by atoms with Gasteiger partial charge in [-0.15, -0.1) is 0 Å². The summed E-state index contributed by atoms with van der Waals surface area (Å²) in [6, 6.07) is 163. The Morgan fingerprint density at radius 3 is 0.717 bits per heavy atom. The van der Waals surface area contributed by atoms with Gasteiger partial charge in [0.05, 0.1) is 17.1 Å². The molecule has 2 aliphatic heterocycles. The molecule has 0 fully saturated rings. The van der Waals surface area contributed by atoms with Gasteiger partial charge in [0, 0.05) is 102 Å². The summed E-state index contributed by atoms with van der Waals surface area (Å²) in [7, 11) is 0. The van der Waals surface area contributed by atoms with Crippen LogP contribution in [0.4, 0.5) is 85.3 Å². The van der Waals surface area contributed by atoms with Crippen LogP contribution in [0.15, 0.2) is 473 Å². The van der Waals surface area contributed by atoms with Crippen LogP contribution in [0.1, 0.15) is 165 Å². The van der Waals surface area contributed by atoms with Gasteiger partial charge in [-0.05, 0) is 268 Å². The van der Waals surface area contributed by atoms with Crippen molar-refractivity contribution in [1.29, 1.82) is 0 Å². The molecule has 0 saturated heterocycles. The lowest BCUT2D eigenvalue weighted by atomic mass is 9.34. The van der Waals surface area contributed by atoms with Crippen molar-refractivity contribution in [2.24, 2.45) is 0 Å². The van der Waals surface area contributed by atoms with Gasteiger partial charge in [-0.1, -0.05) is 422 Å². The average Bonchev–Trinajstić information content (AvgIpc) is 0.733. The highest BCUT2D eigenvalue weighted by atomic mass is 79.9. The van der Waals surface area contributed by atoms with E-state index in [0.29, 0.717) is 35.5 Å². The molecule has 20 rings (SSSR count). The van der Waals surface area contributed by atoms with E-state index < -0.39 is 0 Å². The summed E-state index contributed by atoms with van der Waals surface area (Å²) >= 11 is 7.50. The lowest BCUT2D eigenvalue weighted by Gasteiger charge is -2.34. The molecule has 18 aromatic rings. The number of hydrogen-bond donors (Lipinski definition) is 0. The fraction of sp³-hybridized carbons (Fsp3) is 0.150. The fourth-order valence-corrected chi connectivity index (χ4v) is 22.4. The van der Waals surface area contributed by atoms with E-state index in [9.17, 15) is 0 Å². The van der Waals surface area contributed by atoms with Crippen LogP contribution >= 0.6 is 39.5 Å². The van der Waals surface area contributed by atoms with Crippen LogP contribution in [0.25, 0.3) is 0 Å². The SMILES string of the molecule is CC(C)c1cc(C(C)C)c(B2c3ccccc3Sc3cc(Br)ccc32)c(C(C)C)c1.CC(C)c1cc(C(C)C)c(B2c3ccccc3Sc3cc(N(c4ccccc4)c4cc(N(c5ccccc5)c5ccccc5)cc(N(c5ccccc5)c5ccccc5)c4)ccc32)c(C(C)C)c1.[B].[HH].c1ccc(Cc2cc(N(c3ccccc3)c3ccccc3)cc(N(c3ccccc3)c3ccccc3)c2)cc1. The van der Waals surface area contributed by atoms with Crippen LogP contribution in [0.2, 0.25) is 0 Å². The first-order chi connectivity index (χ1) is 66.9. The lowest BCUT2D eigenvalue weighted by Crippen LogP contribution is -2.57. The third-order valence-corrected chi connectivity index (χ3v) is 29.0. The van der Waals surface area contributed by atoms with Crippen LogP contribution in [-0.4, -0.2) is 21.8 Å². The Morgan fingerprint density at radius 1 is 0.210 bits per heavy atom. The summed E-state index contributed by atoms with van der Waals surface area (Å²) in [5.74, 6) is 2.70. The van der Waals surface area contributed by atoms with Gasteiger partial charge in [0.2, 0.25) is 13.4 Å². The van der Waals surface area contributed by atoms with Crippen LogP contribution in [0, 0.1) is 0 Å². The minimum absolute atomic E-state index is 0. The molecule has 0 N–H and O–H groups in total. The maximum atomic E-state index is 3.69. The maximum absolute atomic E-state index is 3.69. The third-order valence-electron chi connectivity index (χ3n) is 26.2. The largest absolute Gasteiger partial charge is 0.310 e. The van der Waals surface area contributed by atoms with Gasteiger partial charge in [-0.2, -0.15) is 0 Å². The van der Waals surface area contributed by atoms with Crippen molar-refractivity contribution in [3.8, 4) is 0 Å². The van der Waals surface area contributed by atoms with E-state index in [1.54, 1.807) is 0 Å². The summed E-state index contributed by atoms with van der Waals surface area (Å²) in [6.07, 6.45) is 0.844. The predicted molar refractivity (Wildman–Crippen MR) is 605 cm³/mol. The molecule has 5 nitrogen and oxygen atoms in total. The molecule has 0 amide bonds. The second kappa shape index (κ2) is 44.2. The van der Waals surface area contributed by atoms with E-state index in [4.69, 9.17) is 0 Å². The second-order valence-corrected chi connectivity index (χ2v) is 40.7. The minimum Gasteiger partial charge on any atom is -0.310 e. The van der Waals surface area contributed by atoms with Crippen LogP contribution in [0.3, 0.4) is 0 Å². The Hall–Kier alpha value is -13.7. The summed E-state index contributed by atoms with van der Waals surface area (Å²) in [5.41, 5.74) is 36.3. The molecule has 2 aliphatic rings. The summed E-state index contributed by atoms with van der Waals surface area (Å²) < 4.78 is 1.15. The highest BCUT2D eigenvalue weighted by molar-refractivity contribution is 9.10. The Balaban J connectivity index is 0.000000166. The number of nitrogens with zero attached hydrogens (tertiary/aromatic N) is 5. The van der Waals surface area contributed by atoms with Crippen molar-refractivity contribution in [2.75, 3.05) is 24.5 Å². The van der Waals surface area contributed by atoms with Gasteiger partial charge < -0.3 is 24.5 Å². The molecule has 11 heteroatoms. The van der Waals surface area contributed by atoms with E-state index in [1.165, 1.54) is 96.9 Å². The smallest absolute Gasteiger partial charge is 0.244 e. The molecule has 0 bridgehead atoms. The molecule has 138 heavy (non-hydrogen) atoms. The predicted octanol–water partition coefficient (Wildman–Crippen LogP) is 33.3. The summed E-state index contributed by atoms with van der Waals surface area (Å²) in [6.45, 7) is 28.5. The van der Waals surface area contributed by atoms with E-state index in [1.807, 2.05) is 23.5 Å². The number of rotatable bonds is 25. The van der Waals surface area contributed by atoms with Crippen molar-refractivity contribution in [3.05, 3.63) is 498 Å². The van der Waals surface area contributed by atoms with E-state index in [0.717, 1.165) is 96.2 Å². The average molecular weight is 1890 g/mol. The minimum atomic E-state index is 0. The Bertz CT molecular complexity index is 6700. The Morgan fingerprint density at radius 2 is 0.442 bits per heavy atom. The first kappa shape index (κ1) is 96.0. The van der Waals surface area contributed by atoms with E-state index in [2.05, 4.69) is 572 Å². The fourth-order valence-electron chi connectivity index (χ4n) is 19.6. The molecular formula is C127H120B3BrN5S2. The van der Waals surface area contributed by atoms with Gasteiger partial charge in [-0.3, -0.25) is 0 Å². The quantitative estimate of drug-likeness (QED) is 0.0523. The number of para-hydroxylation sites is 9. The topological polar surface area (TPSA) is 16.2 Å². The molecule has 0 aromatic heterocycles. The molecule has 0 aliphatic carbocycles. The highest BCUT2D eigenvalue weighted by Gasteiger charge is 2.39. The number of halogens is 1. The maximum Gasteiger partial charge on any atom is 0.244 e. The molecule has 2 heterocycles. The Labute approximate surface area is 841 Å². The third kappa shape index (κ3) is 21.4. The van der Waals surface area contributed by atoms with Gasteiger partial charge in [0.15, 0.2) is 0 Å². The molecular weight excluding hydrogens is 1770 g/mol. The standard InChI is InChI=1S/C63H58BN3S.C37H30N2.C27H30BBrS.B.H2/c1-44(2)47-38-57(45(3)4)63(58(39-47)46(5)6)64-59-34-22-23-35-61(59)68-62-43-53(36-37-60(62)64)67(52-32-20-11-21-33-52)56-41-54(65(48-24-12-7-13-25-48)49-26-14-8-15-27-49)40-55(42-56)66(50-28-16-9-17-29-50)51-30-18-10-19-31-51;1-6-16-30(17-7-1)26-31-27-36(38(32-18-8-2-9-19-32)33-20-10-3-11-21-33)29-37(28-31)39(34-22-12-4-13-23-34)35-24-14-5-15-25-35;1-16(2)19-13-21(17(3)4)27(22(14-19)18(5)6)28-23-9-7-8-10-25(23)30-26-15-20(29)11-12-24(26)28;;/h7-46H,1-6H3;1-25,27-29H,26H2;7-18H,1-6H3;;1H. The highest BCUT2D eigenvalue weighted by Crippen LogP contribution is 2.49. The first-order valence-electron chi connectivity index (χ1n) is 48.5. The van der Waals surface area contributed by atoms with Crippen LogP contribution in [0.5, 0.6) is 0 Å². The van der Waals surface area contributed by atoms with Gasteiger partial charge in [0.1, 0.15) is 0 Å². The lowest BCUT2D eigenvalue weighted by molar-refractivity contribution is 0.812. The number of anilines is 15. The molecule has 0 spiro atoms. The first-order valence-corrected chi connectivity index (χ1v) is 50.9. The van der Waals surface area contributed by atoms with Crippen LogP contribution < -0.4 is 57.3 Å². The van der Waals surface area contributed by atoms with Crippen LogP contribution in [-0.2, 0) is 6.42 Å². The number of fused-ring (bicyclic) bond motifs is 4. The van der Waals surface area contributed by atoms with Gasteiger partial charge in [-0.25, -0.2) is 0 Å². The van der Waals surface area contributed by atoms with Gasteiger partial charge in [0.25, 0.3) is 0 Å². The number of benzene rings is 18. The zero-order chi connectivity index (χ0) is 94.6. The zero-order valence-corrected chi connectivity index (χ0v) is 84.3. The second-order valence-electron chi connectivity index (χ2n) is 37.6. The van der Waals surface area contributed by atoms with Gasteiger partial charge >= 0.3 is 0 Å². The summed E-state index contributed by atoms with van der Waals surface area (Å²) in [5, 5.41) is 0. The molecule has 681 valence electrons. The van der Waals surface area contributed by atoms with Crippen molar-refractivity contribution >= 4 is 179 Å². The van der Waals surface area contributed by atoms with E-state index >= 15 is 0 Å². The zero-order valence-electron chi connectivity index (χ0n) is 81.1. The van der Waals surface area contributed by atoms with E-state index in [-0.39, 0.29) is 23.3 Å². The molecule has 0 saturated carbocycles. The van der Waals surface area contributed by atoms with Crippen molar-refractivity contribution < 1.29 is 1.43 Å². The molecule has 0 atom stereocenters. The van der Waals surface area contributed by atoms with Crippen molar-refractivity contribution in [3.63, 3.8) is 0 Å². The van der Waals surface area contributed by atoms with Crippen molar-refractivity contribution in [1.82, 2.24) is 0 Å². The molecule has 3 radical (unpaired) electrons. The number of hydrogen-bond acceptors (Lipinski definition) is 7. The molecule has 0 unspecified atom stereocenters. The summed E-state index contributed by atoms with van der Waals surface area (Å²) in [4.78, 5) is 17.2. The van der Waals surface area contributed by atoms with Crippen molar-refractivity contribution in [2.45, 2.75) is 145 Å². The monoisotopic (exact) mass is 1890 g/mol. The molecule has 18 aromatic carbocycles. The Kier molecular flexibility index (Phi) is 30.8. The normalized spacial score (nSPS) is 11.8.